The van der Waals surface area contributed by atoms with Gasteiger partial charge in [-0.15, -0.1) is 0 Å². The van der Waals surface area contributed by atoms with Crippen LogP contribution >= 0.6 is 11.3 Å². The predicted molar refractivity (Wildman–Crippen MR) is 127 cm³/mol. The van der Waals surface area contributed by atoms with E-state index in [4.69, 9.17) is 14.5 Å². The van der Waals surface area contributed by atoms with Crippen molar-refractivity contribution in [3.63, 3.8) is 0 Å². The predicted octanol–water partition coefficient (Wildman–Crippen LogP) is 3.68. The number of ether oxygens (including phenoxy) is 2. The van der Waals surface area contributed by atoms with Gasteiger partial charge < -0.3 is 9.47 Å². The number of aromatic nitrogens is 3. The van der Waals surface area contributed by atoms with Crippen molar-refractivity contribution in [1.29, 1.82) is 0 Å². The molecule has 1 aliphatic heterocycles. The van der Waals surface area contributed by atoms with Gasteiger partial charge >= 0.3 is 0 Å². The van der Waals surface area contributed by atoms with E-state index in [1.165, 1.54) is 11.3 Å². The van der Waals surface area contributed by atoms with Crippen LogP contribution in [0.15, 0.2) is 18.2 Å². The number of benzene rings is 1. The minimum atomic E-state index is -0.128. The third kappa shape index (κ3) is 4.51. The zero-order valence-electron chi connectivity index (χ0n) is 19.4. The van der Waals surface area contributed by atoms with Crippen LogP contribution in [-0.4, -0.2) is 72.1 Å². The number of morpholine rings is 1. The Morgan fingerprint density at radius 3 is 2.69 bits per heavy atom. The summed E-state index contributed by atoms with van der Waals surface area (Å²) in [6.07, 6.45) is 0. The minimum absolute atomic E-state index is 0.128. The molecule has 0 bridgehead atoms. The second-order valence-electron chi connectivity index (χ2n) is 8.38. The van der Waals surface area contributed by atoms with Gasteiger partial charge in [-0.2, -0.15) is 5.10 Å². The molecular formula is C23H31N5O3S. The Hall–Kier alpha value is -2.49. The number of aryl methyl sites for hydroxylation is 2. The number of carbonyl (C=O) groups excluding carboxylic acids is 1. The van der Waals surface area contributed by atoms with Crippen molar-refractivity contribution in [2.24, 2.45) is 0 Å². The highest BCUT2D eigenvalue weighted by atomic mass is 32.1. The molecule has 4 rings (SSSR count). The molecule has 1 amide bonds. The normalized spacial score (nSPS) is 14.9. The first-order valence-electron chi connectivity index (χ1n) is 11.0. The van der Waals surface area contributed by atoms with Crippen LogP contribution in [0.2, 0.25) is 0 Å². The molecule has 32 heavy (non-hydrogen) atoms. The molecule has 1 aliphatic rings. The zero-order chi connectivity index (χ0) is 22.8. The first-order valence-corrected chi connectivity index (χ1v) is 11.8. The van der Waals surface area contributed by atoms with Crippen LogP contribution in [0.5, 0.6) is 5.75 Å². The van der Waals surface area contributed by atoms with Gasteiger partial charge in [0, 0.05) is 37.9 Å². The van der Waals surface area contributed by atoms with Gasteiger partial charge in [-0.3, -0.25) is 19.3 Å². The average molecular weight is 458 g/mol. The van der Waals surface area contributed by atoms with Crippen molar-refractivity contribution < 1.29 is 14.3 Å². The van der Waals surface area contributed by atoms with Crippen LogP contribution in [0.1, 0.15) is 41.6 Å². The van der Waals surface area contributed by atoms with Crippen LogP contribution in [-0.2, 0) is 4.74 Å². The zero-order valence-corrected chi connectivity index (χ0v) is 20.2. The molecule has 0 N–H and O–H groups in total. The lowest BCUT2D eigenvalue weighted by Gasteiger charge is -2.29. The molecule has 2 aromatic heterocycles. The van der Waals surface area contributed by atoms with Crippen molar-refractivity contribution in [3.05, 3.63) is 35.2 Å². The maximum Gasteiger partial charge on any atom is 0.280 e. The number of hydrogen-bond donors (Lipinski definition) is 0. The Balaban J connectivity index is 1.70. The van der Waals surface area contributed by atoms with Crippen molar-refractivity contribution in [3.8, 4) is 5.75 Å². The molecule has 0 atom stereocenters. The van der Waals surface area contributed by atoms with E-state index >= 15 is 0 Å². The first kappa shape index (κ1) is 22.7. The number of fused-ring (bicyclic) bond motifs is 1. The standard InChI is InChI=1S/C23H31N5O3S/c1-15(2)28-17(4)14-18(25-28)22(29)27(9-8-26-10-12-31-13-11-26)23-24-20-19(30-5)7-6-16(3)21(20)32-23/h6-7,14-15H,8-13H2,1-5H3. The molecule has 8 nitrogen and oxygen atoms in total. The fourth-order valence-corrected chi connectivity index (χ4v) is 5.06. The van der Waals surface area contributed by atoms with Gasteiger partial charge in [0.05, 0.1) is 25.0 Å². The van der Waals surface area contributed by atoms with Crippen molar-refractivity contribution in [2.45, 2.75) is 33.7 Å². The summed E-state index contributed by atoms with van der Waals surface area (Å²) >= 11 is 1.52. The minimum Gasteiger partial charge on any atom is -0.494 e. The molecule has 9 heteroatoms. The lowest BCUT2D eigenvalue weighted by atomic mass is 10.2. The van der Waals surface area contributed by atoms with E-state index in [0.717, 1.165) is 54.3 Å². The summed E-state index contributed by atoms with van der Waals surface area (Å²) in [5.74, 6) is 0.588. The topological polar surface area (TPSA) is 72.7 Å². The van der Waals surface area contributed by atoms with Crippen molar-refractivity contribution >= 4 is 32.6 Å². The number of hydrogen-bond acceptors (Lipinski definition) is 7. The average Bonchev–Trinajstić information content (AvgIpc) is 3.40. The van der Waals surface area contributed by atoms with Crippen LogP contribution in [0, 0.1) is 13.8 Å². The quantitative estimate of drug-likeness (QED) is 0.539. The highest BCUT2D eigenvalue weighted by Gasteiger charge is 2.26. The third-order valence-corrected chi connectivity index (χ3v) is 6.98. The molecule has 1 saturated heterocycles. The highest BCUT2D eigenvalue weighted by molar-refractivity contribution is 7.22. The monoisotopic (exact) mass is 457 g/mol. The van der Waals surface area contributed by atoms with Gasteiger partial charge in [0.25, 0.3) is 5.91 Å². The molecule has 0 spiro atoms. The van der Waals surface area contributed by atoms with Gasteiger partial charge in [-0.1, -0.05) is 17.4 Å². The summed E-state index contributed by atoms with van der Waals surface area (Å²) in [7, 11) is 1.64. The van der Waals surface area contributed by atoms with E-state index in [2.05, 4.69) is 30.8 Å². The van der Waals surface area contributed by atoms with E-state index in [9.17, 15) is 4.79 Å². The van der Waals surface area contributed by atoms with Gasteiger partial charge in [0.15, 0.2) is 10.8 Å². The number of nitrogens with zero attached hydrogens (tertiary/aromatic N) is 5. The third-order valence-electron chi connectivity index (χ3n) is 5.76. The molecule has 3 heterocycles. The van der Waals surface area contributed by atoms with E-state index < -0.39 is 0 Å². The summed E-state index contributed by atoms with van der Waals surface area (Å²) in [5.41, 5.74) is 3.32. The van der Waals surface area contributed by atoms with E-state index in [1.54, 1.807) is 12.0 Å². The van der Waals surface area contributed by atoms with Crippen molar-refractivity contribution in [2.75, 3.05) is 51.4 Å². The van der Waals surface area contributed by atoms with Crippen LogP contribution in [0.3, 0.4) is 0 Å². The summed E-state index contributed by atoms with van der Waals surface area (Å²) in [6.45, 7) is 12.6. The SMILES string of the molecule is COc1ccc(C)c2sc(N(CCN3CCOCC3)C(=O)c3cc(C)n(C(C)C)n3)nc12. The molecule has 3 aromatic rings. The van der Waals surface area contributed by atoms with E-state index in [1.807, 2.05) is 29.8 Å². The Bertz CT molecular complexity index is 1100. The maximum absolute atomic E-state index is 13.7. The summed E-state index contributed by atoms with van der Waals surface area (Å²) < 4.78 is 13.9. The number of rotatable bonds is 7. The molecule has 0 unspecified atom stereocenters. The van der Waals surface area contributed by atoms with Crippen LogP contribution in [0.25, 0.3) is 10.2 Å². The van der Waals surface area contributed by atoms with Gasteiger partial charge in [-0.05, 0) is 45.4 Å². The first-order chi connectivity index (χ1) is 15.4. The Morgan fingerprint density at radius 2 is 2.03 bits per heavy atom. The summed E-state index contributed by atoms with van der Waals surface area (Å²) in [6, 6.07) is 6.00. The van der Waals surface area contributed by atoms with Crippen molar-refractivity contribution in [1.82, 2.24) is 19.7 Å². The fraction of sp³-hybridized carbons (Fsp3) is 0.522. The molecule has 0 aliphatic carbocycles. The molecular weight excluding hydrogens is 426 g/mol. The number of thiazole rings is 1. The van der Waals surface area contributed by atoms with Gasteiger partial charge in [0.1, 0.15) is 11.3 Å². The molecule has 0 saturated carbocycles. The Kier molecular flexibility index (Phi) is 6.78. The smallest absolute Gasteiger partial charge is 0.280 e. The van der Waals surface area contributed by atoms with Crippen LogP contribution < -0.4 is 9.64 Å². The van der Waals surface area contributed by atoms with Gasteiger partial charge in [-0.25, -0.2) is 4.98 Å². The highest BCUT2D eigenvalue weighted by Crippen LogP contribution is 2.36. The Morgan fingerprint density at radius 1 is 1.28 bits per heavy atom. The lowest BCUT2D eigenvalue weighted by Crippen LogP contribution is -2.43. The van der Waals surface area contributed by atoms with Crippen LogP contribution in [0.4, 0.5) is 5.13 Å². The molecule has 172 valence electrons. The Labute approximate surface area is 192 Å². The molecule has 0 radical (unpaired) electrons. The second kappa shape index (κ2) is 9.56. The summed E-state index contributed by atoms with van der Waals surface area (Å²) in [4.78, 5) is 22.6. The number of anilines is 1. The number of amides is 1. The van der Waals surface area contributed by atoms with Gasteiger partial charge in [0.2, 0.25) is 0 Å². The number of carbonyl (C=O) groups is 1. The molecule has 1 aromatic carbocycles. The summed E-state index contributed by atoms with van der Waals surface area (Å²) in [5, 5.41) is 5.27. The maximum atomic E-state index is 13.7. The largest absolute Gasteiger partial charge is 0.494 e. The lowest BCUT2D eigenvalue weighted by molar-refractivity contribution is 0.0391. The second-order valence-corrected chi connectivity index (χ2v) is 9.36. The number of methoxy groups -OCH3 is 1. The van der Waals surface area contributed by atoms with E-state index in [-0.39, 0.29) is 11.9 Å². The fourth-order valence-electron chi connectivity index (χ4n) is 3.98. The van der Waals surface area contributed by atoms with E-state index in [0.29, 0.717) is 23.1 Å². The molecule has 1 fully saturated rings.